The number of anilines is 1. The molecule has 1 aliphatic carbocycles. The number of carbonyl (C=O) groups excluding carboxylic acids is 1. The topological polar surface area (TPSA) is 42.0 Å². The summed E-state index contributed by atoms with van der Waals surface area (Å²) in [6.45, 7) is 0. The zero-order chi connectivity index (χ0) is 20.8. The van der Waals surface area contributed by atoms with Crippen LogP contribution < -0.4 is 5.32 Å². The van der Waals surface area contributed by atoms with Gasteiger partial charge in [0.2, 0.25) is 0 Å². The summed E-state index contributed by atoms with van der Waals surface area (Å²) < 4.78 is 0. The van der Waals surface area contributed by atoms with Crippen LogP contribution in [0.25, 0.3) is 10.9 Å². The molecule has 0 saturated heterocycles. The number of hydrogen-bond donors (Lipinski definition) is 1. The van der Waals surface area contributed by atoms with Crippen LogP contribution in [0.5, 0.6) is 0 Å². The predicted molar refractivity (Wildman–Crippen MR) is 124 cm³/mol. The van der Waals surface area contributed by atoms with Gasteiger partial charge in [-0.2, -0.15) is 0 Å². The fourth-order valence-electron chi connectivity index (χ4n) is 5.23. The van der Waals surface area contributed by atoms with Crippen molar-refractivity contribution in [3.8, 4) is 0 Å². The first-order valence-electron chi connectivity index (χ1n) is 10.8. The Kier molecular flexibility index (Phi) is 4.20. The zero-order valence-corrected chi connectivity index (χ0v) is 17.1. The first-order chi connectivity index (χ1) is 15.3. The minimum absolute atomic E-state index is 0.0791. The minimum Gasteiger partial charge on any atom is -0.358 e. The fourth-order valence-corrected chi connectivity index (χ4v) is 5.23. The lowest BCUT2D eigenvalue weighted by Gasteiger charge is -2.37. The van der Waals surface area contributed by atoms with E-state index in [1.54, 1.807) is 0 Å². The van der Waals surface area contributed by atoms with E-state index in [1.807, 2.05) is 24.4 Å². The molecule has 0 spiro atoms. The third-order valence-electron chi connectivity index (χ3n) is 6.60. The van der Waals surface area contributed by atoms with E-state index in [0.29, 0.717) is 6.42 Å². The number of ketones is 1. The van der Waals surface area contributed by atoms with Crippen molar-refractivity contribution in [3.05, 3.63) is 119 Å². The van der Waals surface area contributed by atoms with Crippen LogP contribution in [0.2, 0.25) is 0 Å². The van der Waals surface area contributed by atoms with Gasteiger partial charge in [-0.3, -0.25) is 9.78 Å². The van der Waals surface area contributed by atoms with Crippen molar-refractivity contribution in [2.24, 2.45) is 0 Å². The second-order valence-corrected chi connectivity index (χ2v) is 8.40. The molecule has 0 bridgehead atoms. The molecule has 2 heterocycles. The summed E-state index contributed by atoms with van der Waals surface area (Å²) in [7, 11) is 0. The molecule has 2 atom stereocenters. The third kappa shape index (κ3) is 2.97. The molecule has 4 aromatic rings. The number of carbonyl (C=O) groups is 1. The summed E-state index contributed by atoms with van der Waals surface area (Å²) in [6.07, 6.45) is 3.22. The van der Waals surface area contributed by atoms with Crippen LogP contribution >= 0.6 is 0 Å². The van der Waals surface area contributed by atoms with E-state index in [1.165, 1.54) is 5.56 Å². The standard InChI is InChI=1S/C28H22N2O/c31-25-17-20(18-8-3-1-4-9-18)16-24-28(25)26(19-10-5-2-6-11-19)27-21-12-7-15-29-22(21)13-14-23(27)30-24/h1-15,20,26,30H,16-17H2. The van der Waals surface area contributed by atoms with Crippen LogP contribution in [-0.4, -0.2) is 10.8 Å². The number of aromatic nitrogens is 1. The molecule has 3 nitrogen and oxygen atoms in total. The lowest BCUT2D eigenvalue weighted by atomic mass is 9.71. The summed E-state index contributed by atoms with van der Waals surface area (Å²) in [5, 5.41) is 4.75. The Labute approximate surface area is 181 Å². The number of hydrogen-bond acceptors (Lipinski definition) is 3. The molecule has 1 aliphatic heterocycles. The Morgan fingerprint density at radius 1 is 0.774 bits per heavy atom. The van der Waals surface area contributed by atoms with Gasteiger partial charge in [0.25, 0.3) is 0 Å². The van der Waals surface area contributed by atoms with Gasteiger partial charge in [-0.25, -0.2) is 0 Å². The average molecular weight is 402 g/mol. The lowest BCUT2D eigenvalue weighted by molar-refractivity contribution is -0.116. The van der Waals surface area contributed by atoms with Crippen molar-refractivity contribution < 1.29 is 4.79 Å². The van der Waals surface area contributed by atoms with Gasteiger partial charge in [0, 0.05) is 40.9 Å². The summed E-state index contributed by atoms with van der Waals surface area (Å²) in [5.41, 5.74) is 7.56. The van der Waals surface area contributed by atoms with Crippen LogP contribution in [0.15, 0.2) is 102 Å². The van der Waals surface area contributed by atoms with Crippen LogP contribution in [0, 0.1) is 0 Å². The summed E-state index contributed by atoms with van der Waals surface area (Å²) in [4.78, 5) is 18.2. The second kappa shape index (κ2) is 7.21. The number of allylic oxidation sites excluding steroid dienone is 2. The number of nitrogens with one attached hydrogen (secondary N) is 1. The van der Waals surface area contributed by atoms with Gasteiger partial charge in [0.05, 0.1) is 5.52 Å². The molecule has 1 N–H and O–H groups in total. The average Bonchev–Trinajstić information content (AvgIpc) is 2.83. The first-order valence-corrected chi connectivity index (χ1v) is 10.8. The molecule has 0 amide bonds. The smallest absolute Gasteiger partial charge is 0.162 e. The molecular weight excluding hydrogens is 380 g/mol. The van der Waals surface area contributed by atoms with Gasteiger partial charge in [-0.05, 0) is 47.2 Å². The van der Waals surface area contributed by atoms with Gasteiger partial charge < -0.3 is 5.32 Å². The van der Waals surface area contributed by atoms with Crippen molar-refractivity contribution in [1.29, 1.82) is 0 Å². The Morgan fingerprint density at radius 2 is 1.52 bits per heavy atom. The number of fused-ring (bicyclic) bond motifs is 3. The molecule has 0 saturated carbocycles. The highest BCUT2D eigenvalue weighted by Crippen LogP contribution is 2.49. The molecule has 3 aromatic carbocycles. The van der Waals surface area contributed by atoms with Crippen LogP contribution in [0.3, 0.4) is 0 Å². The van der Waals surface area contributed by atoms with E-state index in [4.69, 9.17) is 0 Å². The molecule has 1 aromatic heterocycles. The Bertz CT molecular complexity index is 1330. The highest BCUT2D eigenvalue weighted by molar-refractivity contribution is 6.04. The highest BCUT2D eigenvalue weighted by atomic mass is 16.1. The van der Waals surface area contributed by atoms with Crippen molar-refractivity contribution in [3.63, 3.8) is 0 Å². The third-order valence-corrected chi connectivity index (χ3v) is 6.60. The number of nitrogens with zero attached hydrogens (tertiary/aromatic N) is 1. The Hall–Kier alpha value is -3.72. The van der Waals surface area contributed by atoms with Crippen LogP contribution in [0.4, 0.5) is 5.69 Å². The summed E-state index contributed by atoms with van der Waals surface area (Å²) in [5.74, 6) is 0.368. The van der Waals surface area contributed by atoms with Gasteiger partial charge in [0.15, 0.2) is 5.78 Å². The van der Waals surface area contributed by atoms with E-state index in [-0.39, 0.29) is 17.6 Å². The second-order valence-electron chi connectivity index (χ2n) is 8.40. The summed E-state index contributed by atoms with van der Waals surface area (Å²) >= 11 is 0. The molecule has 0 radical (unpaired) electrons. The quantitative estimate of drug-likeness (QED) is 0.434. The summed E-state index contributed by atoms with van der Waals surface area (Å²) in [6, 6.07) is 29.1. The Morgan fingerprint density at radius 3 is 2.29 bits per heavy atom. The normalized spacial score (nSPS) is 20.2. The van der Waals surface area contributed by atoms with Crippen molar-refractivity contribution in [2.45, 2.75) is 24.7 Å². The van der Waals surface area contributed by atoms with Gasteiger partial charge in [-0.1, -0.05) is 66.7 Å². The van der Waals surface area contributed by atoms with Gasteiger partial charge in [0.1, 0.15) is 0 Å². The van der Waals surface area contributed by atoms with E-state index in [0.717, 1.165) is 45.4 Å². The minimum atomic E-state index is -0.0791. The van der Waals surface area contributed by atoms with Crippen LogP contribution in [0.1, 0.15) is 41.4 Å². The van der Waals surface area contributed by atoms with Crippen LogP contribution in [-0.2, 0) is 4.79 Å². The van der Waals surface area contributed by atoms with Gasteiger partial charge in [-0.15, -0.1) is 0 Å². The molecular formula is C28H22N2O. The van der Waals surface area contributed by atoms with Crippen molar-refractivity contribution >= 4 is 22.4 Å². The fraction of sp³-hybridized carbons (Fsp3) is 0.143. The molecule has 0 fully saturated rings. The first kappa shape index (κ1) is 18.1. The largest absolute Gasteiger partial charge is 0.358 e. The molecule has 31 heavy (non-hydrogen) atoms. The predicted octanol–water partition coefficient (Wildman–Crippen LogP) is 6.19. The SMILES string of the molecule is O=C1CC(c2ccccc2)CC2=C1C(c1ccccc1)c1c(ccc3ncccc13)N2. The maximum atomic E-state index is 13.6. The number of pyridine rings is 1. The molecule has 3 heteroatoms. The lowest BCUT2D eigenvalue weighted by Crippen LogP contribution is -2.30. The molecule has 6 rings (SSSR count). The van der Waals surface area contributed by atoms with E-state index in [2.05, 4.69) is 77.0 Å². The number of rotatable bonds is 2. The maximum absolute atomic E-state index is 13.6. The number of benzene rings is 3. The van der Waals surface area contributed by atoms with E-state index < -0.39 is 0 Å². The highest BCUT2D eigenvalue weighted by Gasteiger charge is 2.39. The maximum Gasteiger partial charge on any atom is 0.162 e. The van der Waals surface area contributed by atoms with E-state index >= 15 is 0 Å². The zero-order valence-electron chi connectivity index (χ0n) is 17.1. The van der Waals surface area contributed by atoms with Crippen molar-refractivity contribution in [2.75, 3.05) is 5.32 Å². The molecule has 150 valence electrons. The van der Waals surface area contributed by atoms with E-state index in [9.17, 15) is 4.79 Å². The monoisotopic (exact) mass is 402 g/mol. The number of Topliss-reactive ketones (excluding diaryl/α,β-unsaturated/α-hetero) is 1. The molecule has 2 aliphatic rings. The Balaban J connectivity index is 1.56. The van der Waals surface area contributed by atoms with Gasteiger partial charge >= 0.3 is 0 Å². The molecule has 2 unspecified atom stereocenters. The van der Waals surface area contributed by atoms with Crippen molar-refractivity contribution in [1.82, 2.24) is 4.98 Å².